The lowest BCUT2D eigenvalue weighted by Gasteiger charge is -2.36. The highest BCUT2D eigenvalue weighted by Gasteiger charge is 2.25. The van der Waals surface area contributed by atoms with Gasteiger partial charge in [-0.05, 0) is 25.7 Å². The average molecular weight is 235 g/mol. The van der Waals surface area contributed by atoms with Crippen LogP contribution in [0.5, 0.6) is 0 Å². The van der Waals surface area contributed by atoms with Crippen LogP contribution in [0.2, 0.25) is 0 Å². The van der Waals surface area contributed by atoms with Crippen molar-refractivity contribution in [3.05, 3.63) is 11.9 Å². The van der Waals surface area contributed by atoms with Gasteiger partial charge in [0.25, 0.3) is 0 Å². The molecule has 1 fully saturated rings. The number of nitrogens with one attached hydrogen (secondary N) is 1. The molecule has 5 nitrogen and oxygen atoms in total. The quantitative estimate of drug-likeness (QED) is 0.600. The number of hydrazine groups is 1. The number of nitrogens with zero attached hydrogens (tertiary/aromatic N) is 3. The highest BCUT2D eigenvalue weighted by molar-refractivity contribution is 5.58. The predicted octanol–water partition coefficient (Wildman–Crippen LogP) is 1.70. The Hall–Kier alpha value is -1.36. The van der Waals surface area contributed by atoms with E-state index in [4.69, 9.17) is 5.84 Å². The zero-order chi connectivity index (χ0) is 12.3. The first-order valence-electron chi connectivity index (χ1n) is 6.31. The molecule has 1 aromatic heterocycles. The first-order chi connectivity index (χ1) is 8.27. The topological polar surface area (TPSA) is 67.1 Å². The van der Waals surface area contributed by atoms with E-state index >= 15 is 0 Å². The van der Waals surface area contributed by atoms with Crippen LogP contribution in [0.25, 0.3) is 0 Å². The summed E-state index contributed by atoms with van der Waals surface area (Å²) >= 11 is 0. The molecule has 1 aromatic rings. The fraction of sp³-hybridized carbons (Fsp3) is 0.667. The molecule has 1 heterocycles. The van der Waals surface area contributed by atoms with E-state index in [0.717, 1.165) is 30.0 Å². The van der Waals surface area contributed by atoms with Gasteiger partial charge in [0.05, 0.1) is 0 Å². The van der Waals surface area contributed by atoms with Gasteiger partial charge in [0.2, 0.25) is 0 Å². The zero-order valence-electron chi connectivity index (χ0n) is 10.6. The van der Waals surface area contributed by atoms with Gasteiger partial charge in [0.15, 0.2) is 0 Å². The van der Waals surface area contributed by atoms with Crippen molar-refractivity contribution < 1.29 is 0 Å². The molecule has 0 bridgehead atoms. The van der Waals surface area contributed by atoms with E-state index in [0.29, 0.717) is 6.04 Å². The fourth-order valence-electron chi connectivity index (χ4n) is 2.26. The molecule has 1 aliphatic rings. The third-order valence-corrected chi connectivity index (χ3v) is 3.52. The Bertz CT molecular complexity index is 375. The van der Waals surface area contributed by atoms with Gasteiger partial charge in [-0.2, -0.15) is 0 Å². The molecule has 17 heavy (non-hydrogen) atoms. The Labute approximate surface area is 102 Å². The number of nitrogen functional groups attached to an aromatic ring is 1. The van der Waals surface area contributed by atoms with Crippen molar-refractivity contribution >= 4 is 11.6 Å². The third kappa shape index (κ3) is 2.34. The summed E-state index contributed by atoms with van der Waals surface area (Å²) < 4.78 is 0. The second-order valence-corrected chi connectivity index (χ2v) is 4.61. The van der Waals surface area contributed by atoms with Crippen molar-refractivity contribution in [2.45, 2.75) is 45.1 Å². The number of aromatic nitrogens is 2. The summed E-state index contributed by atoms with van der Waals surface area (Å²) in [6.45, 7) is 2.15. The SMILES string of the molecule is CCCc1c(NN)ncnc1N(C)C1CCC1. The van der Waals surface area contributed by atoms with Crippen molar-refractivity contribution in [1.82, 2.24) is 9.97 Å². The molecule has 1 saturated carbocycles. The van der Waals surface area contributed by atoms with Crippen LogP contribution in [0.4, 0.5) is 11.6 Å². The first kappa shape index (κ1) is 12.1. The molecule has 0 radical (unpaired) electrons. The van der Waals surface area contributed by atoms with Gasteiger partial charge >= 0.3 is 0 Å². The van der Waals surface area contributed by atoms with Crippen molar-refractivity contribution in [3.63, 3.8) is 0 Å². The second-order valence-electron chi connectivity index (χ2n) is 4.61. The summed E-state index contributed by atoms with van der Waals surface area (Å²) in [4.78, 5) is 10.9. The molecule has 0 unspecified atom stereocenters. The number of rotatable bonds is 5. The Balaban J connectivity index is 2.30. The molecule has 0 aliphatic heterocycles. The molecule has 5 heteroatoms. The third-order valence-electron chi connectivity index (χ3n) is 3.52. The average Bonchev–Trinajstić information content (AvgIpc) is 2.27. The molecule has 94 valence electrons. The largest absolute Gasteiger partial charge is 0.356 e. The van der Waals surface area contributed by atoms with E-state index in [1.165, 1.54) is 19.3 Å². The van der Waals surface area contributed by atoms with Crippen LogP contribution in [0.1, 0.15) is 38.2 Å². The lowest BCUT2D eigenvalue weighted by atomic mass is 9.91. The molecular weight excluding hydrogens is 214 g/mol. The number of anilines is 2. The van der Waals surface area contributed by atoms with Crippen LogP contribution in [-0.4, -0.2) is 23.1 Å². The van der Waals surface area contributed by atoms with Gasteiger partial charge in [-0.25, -0.2) is 15.8 Å². The minimum Gasteiger partial charge on any atom is -0.356 e. The number of hydrogen-bond donors (Lipinski definition) is 2. The lowest BCUT2D eigenvalue weighted by molar-refractivity contribution is 0.398. The maximum Gasteiger partial charge on any atom is 0.148 e. The molecule has 0 saturated heterocycles. The van der Waals surface area contributed by atoms with Crippen molar-refractivity contribution in [2.24, 2.45) is 5.84 Å². The van der Waals surface area contributed by atoms with E-state index < -0.39 is 0 Å². The normalized spacial score (nSPS) is 15.5. The van der Waals surface area contributed by atoms with E-state index in [9.17, 15) is 0 Å². The van der Waals surface area contributed by atoms with Gasteiger partial charge < -0.3 is 10.3 Å². The van der Waals surface area contributed by atoms with E-state index in [1.54, 1.807) is 6.33 Å². The van der Waals surface area contributed by atoms with Crippen LogP contribution in [0.3, 0.4) is 0 Å². The Morgan fingerprint density at radius 1 is 1.47 bits per heavy atom. The second kappa shape index (κ2) is 5.31. The van der Waals surface area contributed by atoms with Crippen LogP contribution >= 0.6 is 0 Å². The van der Waals surface area contributed by atoms with Gasteiger partial charge in [-0.1, -0.05) is 13.3 Å². The number of nitrogens with two attached hydrogens (primary N) is 1. The summed E-state index contributed by atoms with van der Waals surface area (Å²) in [5.41, 5.74) is 3.80. The molecular formula is C12H21N5. The maximum atomic E-state index is 5.51. The highest BCUT2D eigenvalue weighted by atomic mass is 15.3. The first-order valence-corrected chi connectivity index (χ1v) is 6.31. The molecule has 0 amide bonds. The molecule has 0 atom stereocenters. The summed E-state index contributed by atoms with van der Waals surface area (Å²) in [5, 5.41) is 0. The highest BCUT2D eigenvalue weighted by Crippen LogP contribution is 2.31. The van der Waals surface area contributed by atoms with Gasteiger partial charge in [-0.15, -0.1) is 0 Å². The zero-order valence-corrected chi connectivity index (χ0v) is 10.6. The maximum absolute atomic E-state index is 5.51. The molecule has 2 rings (SSSR count). The lowest BCUT2D eigenvalue weighted by Crippen LogP contribution is -2.38. The molecule has 1 aliphatic carbocycles. The van der Waals surface area contributed by atoms with Crippen LogP contribution in [-0.2, 0) is 6.42 Å². The Kier molecular flexibility index (Phi) is 3.78. The van der Waals surface area contributed by atoms with Crippen LogP contribution in [0.15, 0.2) is 6.33 Å². The number of hydrogen-bond acceptors (Lipinski definition) is 5. The summed E-state index contributed by atoms with van der Waals surface area (Å²) in [6.07, 6.45) is 7.44. The predicted molar refractivity (Wildman–Crippen MR) is 69.9 cm³/mol. The van der Waals surface area contributed by atoms with Crippen molar-refractivity contribution in [1.29, 1.82) is 0 Å². The van der Waals surface area contributed by atoms with Crippen molar-refractivity contribution in [2.75, 3.05) is 17.4 Å². The Morgan fingerprint density at radius 2 is 2.24 bits per heavy atom. The summed E-state index contributed by atoms with van der Waals surface area (Å²) in [6, 6.07) is 0.631. The monoisotopic (exact) mass is 235 g/mol. The molecule has 3 N–H and O–H groups in total. The summed E-state index contributed by atoms with van der Waals surface area (Å²) in [7, 11) is 2.12. The van der Waals surface area contributed by atoms with E-state index in [-0.39, 0.29) is 0 Å². The van der Waals surface area contributed by atoms with Gasteiger partial charge in [-0.3, -0.25) is 0 Å². The Morgan fingerprint density at radius 3 is 2.76 bits per heavy atom. The fourth-order valence-corrected chi connectivity index (χ4v) is 2.26. The van der Waals surface area contributed by atoms with Gasteiger partial charge in [0.1, 0.15) is 18.0 Å². The van der Waals surface area contributed by atoms with Crippen molar-refractivity contribution in [3.8, 4) is 0 Å². The van der Waals surface area contributed by atoms with E-state index in [2.05, 4.69) is 34.3 Å². The van der Waals surface area contributed by atoms with Gasteiger partial charge in [0, 0.05) is 18.7 Å². The molecule has 0 aromatic carbocycles. The molecule has 0 spiro atoms. The van der Waals surface area contributed by atoms with Crippen LogP contribution in [0, 0.1) is 0 Å². The standard InChI is InChI=1S/C12H21N5/c1-3-5-10-11(16-13)14-8-15-12(10)17(2)9-6-4-7-9/h8-9H,3-7,13H2,1-2H3,(H,14,15,16). The minimum atomic E-state index is 0.631. The van der Waals surface area contributed by atoms with E-state index in [1.807, 2.05) is 0 Å². The smallest absolute Gasteiger partial charge is 0.148 e. The van der Waals surface area contributed by atoms with Crippen LogP contribution < -0.4 is 16.2 Å². The summed E-state index contributed by atoms with van der Waals surface area (Å²) in [5.74, 6) is 7.29. The minimum absolute atomic E-state index is 0.631.